The zero-order valence-electron chi connectivity index (χ0n) is 9.44. The molecule has 1 saturated heterocycles. The minimum atomic E-state index is -0.0392. The summed E-state index contributed by atoms with van der Waals surface area (Å²) in [6.45, 7) is 4.53. The first-order valence-electron chi connectivity index (χ1n) is 6.01. The van der Waals surface area contributed by atoms with E-state index in [0.717, 1.165) is 19.0 Å². The zero-order chi connectivity index (χ0) is 10.7. The summed E-state index contributed by atoms with van der Waals surface area (Å²) in [6, 6.07) is -0.0392. The lowest BCUT2D eigenvalue weighted by atomic mass is 9.80. The number of hydrogen-bond donors (Lipinski definition) is 3. The van der Waals surface area contributed by atoms with E-state index >= 15 is 0 Å². The standard InChI is InChI=1S/C11H21N3O/c1-2-12-10(15)13-8-11-5-3-4-9(6-11)7-14-11/h9,14H,2-8H2,1H3,(H2,12,13,15). The van der Waals surface area contributed by atoms with Gasteiger partial charge in [0.25, 0.3) is 0 Å². The molecule has 0 aromatic heterocycles. The maximum atomic E-state index is 11.3. The molecule has 2 atom stereocenters. The van der Waals surface area contributed by atoms with E-state index in [4.69, 9.17) is 0 Å². The van der Waals surface area contributed by atoms with Crippen molar-refractivity contribution in [2.75, 3.05) is 19.6 Å². The van der Waals surface area contributed by atoms with Crippen molar-refractivity contribution >= 4 is 6.03 Å². The highest BCUT2D eigenvalue weighted by Gasteiger charge is 2.41. The Morgan fingerprint density at radius 2 is 2.40 bits per heavy atom. The largest absolute Gasteiger partial charge is 0.338 e. The van der Waals surface area contributed by atoms with Crippen molar-refractivity contribution < 1.29 is 4.79 Å². The van der Waals surface area contributed by atoms with Crippen LogP contribution in [0, 0.1) is 5.92 Å². The van der Waals surface area contributed by atoms with Crippen LogP contribution in [0.25, 0.3) is 0 Å². The molecule has 4 heteroatoms. The molecular weight excluding hydrogens is 190 g/mol. The van der Waals surface area contributed by atoms with Crippen molar-refractivity contribution in [3.05, 3.63) is 0 Å². The number of fused-ring (bicyclic) bond motifs is 2. The Bertz CT molecular complexity index is 240. The first-order chi connectivity index (χ1) is 7.24. The van der Waals surface area contributed by atoms with Crippen LogP contribution in [-0.2, 0) is 0 Å². The lowest BCUT2D eigenvalue weighted by Gasteiger charge is -2.33. The first kappa shape index (κ1) is 10.7. The fraction of sp³-hybridized carbons (Fsp3) is 0.909. The van der Waals surface area contributed by atoms with Gasteiger partial charge in [0.15, 0.2) is 0 Å². The summed E-state index contributed by atoms with van der Waals surface area (Å²) < 4.78 is 0. The van der Waals surface area contributed by atoms with Gasteiger partial charge >= 0.3 is 6.03 Å². The molecule has 2 fully saturated rings. The molecule has 3 N–H and O–H groups in total. The monoisotopic (exact) mass is 211 g/mol. The number of rotatable bonds is 3. The number of carbonyl (C=O) groups is 1. The first-order valence-corrected chi connectivity index (χ1v) is 6.01. The van der Waals surface area contributed by atoms with Gasteiger partial charge in [-0.3, -0.25) is 0 Å². The molecule has 2 bridgehead atoms. The zero-order valence-corrected chi connectivity index (χ0v) is 9.44. The van der Waals surface area contributed by atoms with Crippen LogP contribution < -0.4 is 16.0 Å². The number of amides is 2. The van der Waals surface area contributed by atoms with Crippen LogP contribution in [0.3, 0.4) is 0 Å². The summed E-state index contributed by atoms with van der Waals surface area (Å²) in [6.07, 6.45) is 5.10. The van der Waals surface area contributed by atoms with Gasteiger partial charge in [0.1, 0.15) is 0 Å². The van der Waals surface area contributed by atoms with E-state index in [1.807, 2.05) is 6.92 Å². The highest BCUT2D eigenvalue weighted by molar-refractivity contribution is 5.73. The average Bonchev–Trinajstić information content (AvgIpc) is 2.53. The molecule has 86 valence electrons. The van der Waals surface area contributed by atoms with Gasteiger partial charge in [0, 0.05) is 18.6 Å². The van der Waals surface area contributed by atoms with E-state index in [-0.39, 0.29) is 11.6 Å². The third-order valence-corrected chi connectivity index (χ3v) is 3.64. The molecule has 1 aliphatic carbocycles. The van der Waals surface area contributed by atoms with Gasteiger partial charge < -0.3 is 16.0 Å². The van der Waals surface area contributed by atoms with Gasteiger partial charge in [0.2, 0.25) is 0 Å². The number of hydrogen-bond acceptors (Lipinski definition) is 2. The molecule has 0 aromatic rings. The second-order valence-corrected chi connectivity index (χ2v) is 4.84. The topological polar surface area (TPSA) is 53.2 Å². The average molecular weight is 211 g/mol. The molecule has 4 nitrogen and oxygen atoms in total. The summed E-state index contributed by atoms with van der Waals surface area (Å²) in [5.74, 6) is 0.842. The third kappa shape index (κ3) is 2.43. The molecule has 2 amide bonds. The fourth-order valence-electron chi connectivity index (χ4n) is 2.88. The Hall–Kier alpha value is -0.770. The van der Waals surface area contributed by atoms with E-state index in [1.54, 1.807) is 0 Å². The second-order valence-electron chi connectivity index (χ2n) is 4.84. The summed E-state index contributed by atoms with van der Waals surface area (Å²) in [5.41, 5.74) is 0.202. The normalized spacial score (nSPS) is 33.8. The maximum Gasteiger partial charge on any atom is 0.314 e. The van der Waals surface area contributed by atoms with Crippen LogP contribution in [0.15, 0.2) is 0 Å². The van der Waals surface area contributed by atoms with Gasteiger partial charge in [0.05, 0.1) is 0 Å². The fourth-order valence-corrected chi connectivity index (χ4v) is 2.88. The summed E-state index contributed by atoms with van der Waals surface area (Å²) in [7, 11) is 0. The van der Waals surface area contributed by atoms with Crippen LogP contribution in [0.4, 0.5) is 4.79 Å². The van der Waals surface area contributed by atoms with Gasteiger partial charge in [-0.25, -0.2) is 4.79 Å². The van der Waals surface area contributed by atoms with Crippen LogP contribution >= 0.6 is 0 Å². The van der Waals surface area contributed by atoms with Crippen LogP contribution in [0.2, 0.25) is 0 Å². The molecule has 2 aliphatic rings. The lowest BCUT2D eigenvalue weighted by molar-refractivity contribution is 0.229. The highest BCUT2D eigenvalue weighted by atomic mass is 16.2. The summed E-state index contributed by atoms with van der Waals surface area (Å²) in [5, 5.41) is 9.31. The van der Waals surface area contributed by atoms with E-state index in [0.29, 0.717) is 6.54 Å². The minimum absolute atomic E-state index is 0.0392. The van der Waals surface area contributed by atoms with Crippen molar-refractivity contribution in [2.45, 2.75) is 38.1 Å². The Morgan fingerprint density at radius 1 is 1.53 bits per heavy atom. The van der Waals surface area contributed by atoms with E-state index < -0.39 is 0 Å². The van der Waals surface area contributed by atoms with Gasteiger partial charge in [-0.15, -0.1) is 0 Å². The SMILES string of the molecule is CCNC(=O)NCC12CCCC(CN1)C2. The lowest BCUT2D eigenvalue weighted by Crippen LogP contribution is -2.52. The molecule has 1 heterocycles. The Morgan fingerprint density at radius 3 is 3.20 bits per heavy atom. The molecule has 1 saturated carbocycles. The van der Waals surface area contributed by atoms with E-state index in [1.165, 1.54) is 25.7 Å². The second kappa shape index (κ2) is 4.39. The van der Waals surface area contributed by atoms with Gasteiger partial charge in [-0.2, -0.15) is 0 Å². The Labute approximate surface area is 91.2 Å². The molecule has 15 heavy (non-hydrogen) atoms. The molecule has 1 aliphatic heterocycles. The maximum absolute atomic E-state index is 11.3. The minimum Gasteiger partial charge on any atom is -0.338 e. The quantitative estimate of drug-likeness (QED) is 0.648. The van der Waals surface area contributed by atoms with Crippen molar-refractivity contribution in [3.8, 4) is 0 Å². The molecule has 0 spiro atoms. The predicted octanol–water partition coefficient (Wildman–Crippen LogP) is 0.838. The summed E-state index contributed by atoms with van der Waals surface area (Å²) in [4.78, 5) is 11.3. The van der Waals surface area contributed by atoms with Gasteiger partial charge in [-0.1, -0.05) is 6.42 Å². The van der Waals surface area contributed by atoms with Crippen molar-refractivity contribution in [3.63, 3.8) is 0 Å². The Balaban J connectivity index is 1.80. The predicted molar refractivity (Wildman–Crippen MR) is 59.8 cm³/mol. The Kier molecular flexibility index (Phi) is 3.14. The molecule has 2 rings (SSSR count). The van der Waals surface area contributed by atoms with Crippen LogP contribution in [0.1, 0.15) is 32.6 Å². The van der Waals surface area contributed by atoms with Crippen molar-refractivity contribution in [1.82, 2.24) is 16.0 Å². The van der Waals surface area contributed by atoms with Crippen molar-refractivity contribution in [1.29, 1.82) is 0 Å². The van der Waals surface area contributed by atoms with Crippen LogP contribution in [0.5, 0.6) is 0 Å². The number of nitrogens with one attached hydrogen (secondary N) is 3. The van der Waals surface area contributed by atoms with Gasteiger partial charge in [-0.05, 0) is 38.6 Å². The number of urea groups is 1. The highest BCUT2D eigenvalue weighted by Crippen LogP contribution is 2.36. The number of carbonyl (C=O) groups excluding carboxylic acids is 1. The summed E-state index contributed by atoms with van der Waals surface area (Å²) >= 11 is 0. The third-order valence-electron chi connectivity index (χ3n) is 3.64. The molecule has 2 unspecified atom stereocenters. The molecule has 0 radical (unpaired) electrons. The molecular formula is C11H21N3O. The van der Waals surface area contributed by atoms with E-state index in [2.05, 4.69) is 16.0 Å². The smallest absolute Gasteiger partial charge is 0.314 e. The van der Waals surface area contributed by atoms with E-state index in [9.17, 15) is 4.79 Å². The van der Waals surface area contributed by atoms with Crippen LogP contribution in [-0.4, -0.2) is 31.2 Å². The van der Waals surface area contributed by atoms with Crippen molar-refractivity contribution in [2.24, 2.45) is 5.92 Å². The molecule has 0 aromatic carbocycles.